The number of anilines is 2. The molecule has 4 nitrogen and oxygen atoms in total. The second kappa shape index (κ2) is 7.81. The van der Waals surface area contributed by atoms with Crippen molar-refractivity contribution in [1.82, 2.24) is 4.98 Å². The van der Waals surface area contributed by atoms with Gasteiger partial charge in [0.15, 0.2) is 0 Å². The van der Waals surface area contributed by atoms with Crippen LogP contribution in [0.5, 0.6) is 0 Å². The molecule has 7 heteroatoms. The van der Waals surface area contributed by atoms with E-state index in [-0.39, 0.29) is 11.4 Å². The van der Waals surface area contributed by atoms with Gasteiger partial charge in [0.25, 0.3) is 5.91 Å². The maximum atomic E-state index is 12.7. The highest BCUT2D eigenvalue weighted by Crippen LogP contribution is 2.30. The van der Waals surface area contributed by atoms with Crippen molar-refractivity contribution in [3.63, 3.8) is 0 Å². The van der Waals surface area contributed by atoms with Gasteiger partial charge in [-0.05, 0) is 36.8 Å². The predicted octanol–water partition coefficient (Wildman–Crippen LogP) is 4.56. The van der Waals surface area contributed by atoms with Crippen LogP contribution in [0.15, 0.2) is 42.6 Å². The number of unbranched alkanes of at least 4 members (excludes halogenated alkanes) is 1. The van der Waals surface area contributed by atoms with Crippen molar-refractivity contribution in [2.24, 2.45) is 0 Å². The van der Waals surface area contributed by atoms with E-state index in [2.05, 4.69) is 22.5 Å². The van der Waals surface area contributed by atoms with E-state index in [0.29, 0.717) is 0 Å². The van der Waals surface area contributed by atoms with Crippen molar-refractivity contribution in [1.29, 1.82) is 0 Å². The van der Waals surface area contributed by atoms with Crippen molar-refractivity contribution < 1.29 is 18.0 Å². The van der Waals surface area contributed by atoms with E-state index in [1.54, 1.807) is 6.07 Å². The molecule has 0 aliphatic rings. The van der Waals surface area contributed by atoms with E-state index in [0.717, 1.165) is 37.2 Å². The highest BCUT2D eigenvalue weighted by atomic mass is 19.4. The minimum Gasteiger partial charge on any atom is -0.384 e. The fourth-order valence-corrected chi connectivity index (χ4v) is 2.01. The summed E-state index contributed by atoms with van der Waals surface area (Å²) in [6.07, 6.45) is -0.836. The zero-order valence-corrected chi connectivity index (χ0v) is 13.2. The lowest BCUT2D eigenvalue weighted by atomic mass is 10.2. The van der Waals surface area contributed by atoms with Crippen LogP contribution in [-0.2, 0) is 6.18 Å². The Morgan fingerprint density at radius 2 is 1.96 bits per heavy atom. The number of alkyl halides is 3. The number of carbonyl (C=O) groups excluding carboxylic acids is 1. The summed E-state index contributed by atoms with van der Waals surface area (Å²) in [6.45, 7) is 2.90. The average Bonchev–Trinajstić information content (AvgIpc) is 2.55. The van der Waals surface area contributed by atoms with Gasteiger partial charge in [0.2, 0.25) is 0 Å². The van der Waals surface area contributed by atoms with Crippen LogP contribution < -0.4 is 10.6 Å². The first-order chi connectivity index (χ1) is 11.4. The van der Waals surface area contributed by atoms with Gasteiger partial charge in [-0.1, -0.05) is 19.4 Å². The summed E-state index contributed by atoms with van der Waals surface area (Å²) < 4.78 is 38.0. The van der Waals surface area contributed by atoms with Gasteiger partial charge in [-0.2, -0.15) is 13.2 Å². The Kier molecular flexibility index (Phi) is 5.78. The van der Waals surface area contributed by atoms with Crippen LogP contribution >= 0.6 is 0 Å². The van der Waals surface area contributed by atoms with E-state index in [1.165, 1.54) is 24.4 Å². The number of nitrogens with one attached hydrogen (secondary N) is 2. The van der Waals surface area contributed by atoms with Gasteiger partial charge in [-0.15, -0.1) is 0 Å². The smallest absolute Gasteiger partial charge is 0.384 e. The quantitative estimate of drug-likeness (QED) is 0.760. The van der Waals surface area contributed by atoms with E-state index >= 15 is 0 Å². The molecule has 0 spiro atoms. The summed E-state index contributed by atoms with van der Waals surface area (Å²) >= 11 is 0. The van der Waals surface area contributed by atoms with E-state index < -0.39 is 17.6 Å². The van der Waals surface area contributed by atoms with Gasteiger partial charge in [-0.25, -0.2) is 4.98 Å². The van der Waals surface area contributed by atoms with Gasteiger partial charge in [0.1, 0.15) is 5.69 Å². The molecule has 0 saturated heterocycles. The molecular formula is C17H18F3N3O. The number of aromatic nitrogens is 1. The molecule has 0 aliphatic carbocycles. The monoisotopic (exact) mass is 337 g/mol. The summed E-state index contributed by atoms with van der Waals surface area (Å²) in [5, 5.41) is 5.59. The first-order valence-electron chi connectivity index (χ1n) is 7.58. The number of hydrogen-bond acceptors (Lipinski definition) is 3. The third-order valence-corrected chi connectivity index (χ3v) is 3.30. The fourth-order valence-electron chi connectivity index (χ4n) is 2.01. The first kappa shape index (κ1) is 17.8. The maximum absolute atomic E-state index is 12.7. The molecule has 1 aromatic carbocycles. The van der Waals surface area contributed by atoms with Crippen LogP contribution in [0.1, 0.15) is 35.8 Å². The Morgan fingerprint density at radius 3 is 2.58 bits per heavy atom. The van der Waals surface area contributed by atoms with E-state index in [9.17, 15) is 18.0 Å². The zero-order valence-electron chi connectivity index (χ0n) is 13.2. The van der Waals surface area contributed by atoms with Crippen molar-refractivity contribution >= 4 is 17.3 Å². The number of halogens is 3. The summed E-state index contributed by atoms with van der Waals surface area (Å²) in [5.41, 5.74) is 0.179. The normalized spacial score (nSPS) is 11.2. The van der Waals surface area contributed by atoms with Gasteiger partial charge in [-0.3, -0.25) is 4.79 Å². The van der Waals surface area contributed by atoms with Gasteiger partial charge in [0.05, 0.1) is 17.4 Å². The molecule has 0 aliphatic heterocycles. The second-order valence-electron chi connectivity index (χ2n) is 5.25. The Balaban J connectivity index is 2.02. The lowest BCUT2D eigenvalue weighted by Gasteiger charge is -2.10. The molecule has 0 atom stereocenters. The highest BCUT2D eigenvalue weighted by molar-refractivity contribution is 6.03. The largest absolute Gasteiger partial charge is 0.416 e. The predicted molar refractivity (Wildman–Crippen MR) is 87.0 cm³/mol. The first-order valence-corrected chi connectivity index (χ1v) is 7.58. The summed E-state index contributed by atoms with van der Waals surface area (Å²) in [5.74, 6) is -0.561. The molecule has 128 valence electrons. The molecule has 1 amide bonds. The molecule has 0 unspecified atom stereocenters. The van der Waals surface area contributed by atoms with E-state index in [4.69, 9.17) is 0 Å². The van der Waals surface area contributed by atoms with Crippen molar-refractivity contribution in [3.05, 3.63) is 53.9 Å². The van der Waals surface area contributed by atoms with Crippen LogP contribution in [0.2, 0.25) is 0 Å². The number of amides is 1. The second-order valence-corrected chi connectivity index (χ2v) is 5.25. The number of hydrogen-bond donors (Lipinski definition) is 2. The number of nitrogens with zero attached hydrogens (tertiary/aromatic N) is 1. The number of carbonyl (C=O) groups is 1. The van der Waals surface area contributed by atoms with Crippen molar-refractivity contribution in [3.8, 4) is 0 Å². The Bertz CT molecular complexity index is 684. The highest BCUT2D eigenvalue weighted by Gasteiger charge is 2.30. The van der Waals surface area contributed by atoms with Gasteiger partial charge >= 0.3 is 6.18 Å². The number of benzene rings is 1. The van der Waals surface area contributed by atoms with Gasteiger partial charge < -0.3 is 10.6 Å². The Morgan fingerprint density at radius 1 is 1.17 bits per heavy atom. The Hall–Kier alpha value is -2.57. The number of pyridine rings is 1. The van der Waals surface area contributed by atoms with Crippen molar-refractivity contribution in [2.75, 3.05) is 17.2 Å². The van der Waals surface area contributed by atoms with Crippen LogP contribution in [0, 0.1) is 0 Å². The number of rotatable bonds is 6. The molecule has 0 saturated carbocycles. The molecule has 2 rings (SSSR count). The average molecular weight is 337 g/mol. The van der Waals surface area contributed by atoms with E-state index in [1.807, 2.05) is 0 Å². The molecule has 0 radical (unpaired) electrons. The molecule has 1 aromatic heterocycles. The minimum atomic E-state index is -4.45. The molecule has 0 fully saturated rings. The standard InChI is InChI=1S/C17H18F3N3O/c1-2-3-9-21-14-7-8-15(22-11-14)16(24)23-13-6-4-5-12(10-13)17(18,19)20/h4-8,10-11,21H,2-3,9H2,1H3,(H,23,24). The summed E-state index contributed by atoms with van der Waals surface area (Å²) in [6, 6.07) is 7.71. The van der Waals surface area contributed by atoms with Crippen LogP contribution in [-0.4, -0.2) is 17.4 Å². The maximum Gasteiger partial charge on any atom is 0.416 e. The molecular weight excluding hydrogens is 319 g/mol. The van der Waals surface area contributed by atoms with Gasteiger partial charge in [0, 0.05) is 12.2 Å². The summed E-state index contributed by atoms with van der Waals surface area (Å²) in [4.78, 5) is 16.1. The lowest BCUT2D eigenvalue weighted by molar-refractivity contribution is -0.137. The van der Waals surface area contributed by atoms with Crippen LogP contribution in [0.25, 0.3) is 0 Å². The minimum absolute atomic E-state index is 0.0711. The molecule has 24 heavy (non-hydrogen) atoms. The molecule has 0 bridgehead atoms. The van der Waals surface area contributed by atoms with Crippen LogP contribution in [0.3, 0.4) is 0 Å². The SMILES string of the molecule is CCCCNc1ccc(C(=O)Nc2cccc(C(F)(F)F)c2)nc1. The Labute approximate surface area is 138 Å². The third-order valence-electron chi connectivity index (χ3n) is 3.30. The molecule has 1 heterocycles. The third kappa shape index (κ3) is 4.97. The molecule has 2 aromatic rings. The summed E-state index contributed by atoms with van der Waals surface area (Å²) in [7, 11) is 0. The van der Waals surface area contributed by atoms with Crippen LogP contribution in [0.4, 0.5) is 24.5 Å². The zero-order chi connectivity index (χ0) is 17.6. The lowest BCUT2D eigenvalue weighted by Crippen LogP contribution is -2.14. The molecule has 2 N–H and O–H groups in total. The van der Waals surface area contributed by atoms with Crippen molar-refractivity contribution in [2.45, 2.75) is 25.9 Å². The fraction of sp³-hybridized carbons (Fsp3) is 0.294. The topological polar surface area (TPSA) is 54.0 Å².